The molecule has 64 heavy (non-hydrogen) atoms. The van der Waals surface area contributed by atoms with Gasteiger partial charge in [-0.3, -0.25) is 4.79 Å². The summed E-state index contributed by atoms with van der Waals surface area (Å²) in [5, 5.41) is 25.1. The maximum absolute atomic E-state index is 13.8. The Balaban J connectivity index is 1.01. The number of nitrogens with one attached hydrogen (secondary N) is 2. The number of hydrogen-bond acceptors (Lipinski definition) is 8. The summed E-state index contributed by atoms with van der Waals surface area (Å²) in [5.74, 6) is -0.631. The molecule has 0 aromatic heterocycles. The van der Waals surface area contributed by atoms with Crippen molar-refractivity contribution < 1.29 is 32.9 Å². The normalized spacial score (nSPS) is 20.6. The number of benzene rings is 6. The number of piperidine rings is 1. The minimum Gasteiger partial charge on any atom is -0.392 e. The van der Waals surface area contributed by atoms with Crippen molar-refractivity contribution in [1.82, 2.24) is 14.9 Å². The summed E-state index contributed by atoms with van der Waals surface area (Å²) < 4.78 is 43.5. The van der Waals surface area contributed by atoms with E-state index in [1.165, 1.54) is 12.1 Å². The van der Waals surface area contributed by atoms with Crippen LogP contribution in [0.5, 0.6) is 0 Å². The number of rotatable bonds is 15. The maximum Gasteiger partial charge on any atom is 0.241 e. The highest BCUT2D eigenvalue weighted by Crippen LogP contribution is 2.47. The lowest BCUT2D eigenvalue weighted by atomic mass is 9.81. The predicted octanol–water partition coefficient (Wildman–Crippen LogP) is 8.27. The van der Waals surface area contributed by atoms with E-state index in [0.29, 0.717) is 37.5 Å². The molecule has 2 aliphatic rings. The van der Waals surface area contributed by atoms with Gasteiger partial charge in [0.05, 0.1) is 29.3 Å². The number of aliphatic hydroxyl groups excluding tert-OH is 1. The molecule has 1 amide bonds. The van der Waals surface area contributed by atoms with Crippen molar-refractivity contribution in [3.8, 4) is 0 Å². The lowest BCUT2D eigenvalue weighted by molar-refractivity contribution is -0.264. The van der Waals surface area contributed by atoms with E-state index in [2.05, 4.69) is 27.1 Å². The molecule has 5 atom stereocenters. The van der Waals surface area contributed by atoms with Crippen molar-refractivity contribution in [3.63, 3.8) is 0 Å². The van der Waals surface area contributed by atoms with Gasteiger partial charge in [0.15, 0.2) is 6.29 Å². The standard InChI is InChI=1S/C52H54ClN3O7S/c1-36-12-26-45(27-13-36)64(60,61)55-46(32-37-8-4-2-5-9-37)50(58)54-33-38-14-20-42(21-15-38)51-62-47(34-56-30-28-52(59,29-31-56)43-22-24-44(53)25-23-43)48(40-10-6-3-7-11-40)49(63-51)41-18-16-39(35-57)17-19-41/h2-27,46-49,51,55,57,59H,28-35H2,1H3,(H,54,58)/t46-,47-,48-,49+,51?/m1/s1. The van der Waals surface area contributed by atoms with Crippen LogP contribution in [0.3, 0.4) is 0 Å². The van der Waals surface area contributed by atoms with Gasteiger partial charge in [0.1, 0.15) is 6.04 Å². The lowest BCUT2D eigenvalue weighted by Crippen LogP contribution is -2.49. The van der Waals surface area contributed by atoms with Gasteiger partial charge in [-0.25, -0.2) is 8.42 Å². The third-order valence-electron chi connectivity index (χ3n) is 12.4. The molecule has 8 rings (SSSR count). The van der Waals surface area contributed by atoms with Gasteiger partial charge in [-0.2, -0.15) is 4.72 Å². The summed E-state index contributed by atoms with van der Waals surface area (Å²) in [4.78, 5) is 16.2. The Morgan fingerprint density at radius 2 is 1.36 bits per heavy atom. The molecule has 2 heterocycles. The molecule has 4 N–H and O–H groups in total. The molecule has 332 valence electrons. The van der Waals surface area contributed by atoms with Gasteiger partial charge in [0.25, 0.3) is 0 Å². The summed E-state index contributed by atoms with van der Waals surface area (Å²) in [7, 11) is -3.99. The first kappa shape index (κ1) is 45.4. The van der Waals surface area contributed by atoms with E-state index >= 15 is 0 Å². The van der Waals surface area contributed by atoms with Crippen LogP contribution in [0.15, 0.2) is 163 Å². The fourth-order valence-corrected chi connectivity index (χ4v) is 10.0. The average Bonchev–Trinajstić information content (AvgIpc) is 3.32. The third-order valence-corrected chi connectivity index (χ3v) is 14.2. The summed E-state index contributed by atoms with van der Waals surface area (Å²) in [6.07, 6.45) is -0.158. The van der Waals surface area contributed by atoms with Crippen LogP contribution in [0.25, 0.3) is 0 Å². The van der Waals surface area contributed by atoms with E-state index in [1.807, 2.05) is 128 Å². The molecule has 6 aromatic rings. The quantitative estimate of drug-likeness (QED) is 0.0809. The van der Waals surface area contributed by atoms with Crippen molar-refractivity contribution in [2.24, 2.45) is 0 Å². The summed E-state index contributed by atoms with van der Waals surface area (Å²) in [5.41, 5.74) is 6.12. The van der Waals surface area contributed by atoms with Crippen LogP contribution >= 0.6 is 11.6 Å². The second kappa shape index (κ2) is 20.3. The minimum absolute atomic E-state index is 0.0663. The van der Waals surface area contributed by atoms with E-state index in [-0.39, 0.29) is 36.5 Å². The molecule has 0 spiro atoms. The molecular weight excluding hydrogens is 846 g/mol. The van der Waals surface area contributed by atoms with Gasteiger partial charge >= 0.3 is 0 Å². The molecule has 1 unspecified atom stereocenters. The number of aliphatic hydroxyl groups is 2. The van der Waals surface area contributed by atoms with Crippen LogP contribution in [-0.4, -0.2) is 61.2 Å². The molecular formula is C52H54ClN3O7S. The number of carbonyl (C=O) groups excluding carboxylic acids is 1. The Hall–Kier alpha value is -5.21. The predicted molar refractivity (Wildman–Crippen MR) is 248 cm³/mol. The number of ether oxygens (including phenoxy) is 2. The fourth-order valence-electron chi connectivity index (χ4n) is 8.69. The van der Waals surface area contributed by atoms with Crippen LogP contribution in [0.2, 0.25) is 5.02 Å². The molecule has 0 bridgehead atoms. The van der Waals surface area contributed by atoms with Gasteiger partial charge in [-0.15, -0.1) is 0 Å². The van der Waals surface area contributed by atoms with Crippen LogP contribution in [-0.2, 0) is 49.5 Å². The number of aryl methyl sites for hydroxylation is 1. The zero-order valence-electron chi connectivity index (χ0n) is 35.7. The first-order chi connectivity index (χ1) is 31.0. The monoisotopic (exact) mass is 899 g/mol. The van der Waals surface area contributed by atoms with Crippen molar-refractivity contribution in [1.29, 1.82) is 0 Å². The first-order valence-electron chi connectivity index (χ1n) is 21.7. The zero-order chi connectivity index (χ0) is 44.7. The Bertz CT molecular complexity index is 2560. The average molecular weight is 901 g/mol. The van der Waals surface area contributed by atoms with Gasteiger partial charge < -0.3 is 29.9 Å². The SMILES string of the molecule is Cc1ccc(S(=O)(=O)N[C@H](Cc2ccccc2)C(=O)NCc2ccc(C3O[C@H](CN4CCC(O)(c5ccc(Cl)cc5)CC4)[C@@H](c4ccccc4)[C@H](c4ccc(CO)cc4)O3)cc2)cc1. The Morgan fingerprint density at radius 1 is 0.750 bits per heavy atom. The summed E-state index contributed by atoms with van der Waals surface area (Å²) in [6, 6.07) is 48.1. The maximum atomic E-state index is 13.8. The second-order valence-corrected chi connectivity index (χ2v) is 19.0. The van der Waals surface area contributed by atoms with Gasteiger partial charge in [0.2, 0.25) is 15.9 Å². The van der Waals surface area contributed by atoms with Crippen LogP contribution in [0.1, 0.15) is 75.7 Å². The van der Waals surface area contributed by atoms with Gasteiger partial charge in [0, 0.05) is 42.7 Å². The number of carbonyl (C=O) groups is 1. The van der Waals surface area contributed by atoms with Gasteiger partial charge in [-0.1, -0.05) is 151 Å². The van der Waals surface area contributed by atoms with Crippen LogP contribution in [0.4, 0.5) is 0 Å². The third kappa shape index (κ3) is 11.0. The van der Waals surface area contributed by atoms with Crippen molar-refractivity contribution in [3.05, 3.63) is 207 Å². The molecule has 2 fully saturated rings. The number of halogens is 1. The Morgan fingerprint density at radius 3 is 2.00 bits per heavy atom. The topological polar surface area (TPSA) is 137 Å². The Labute approximate surface area is 380 Å². The highest BCUT2D eigenvalue weighted by atomic mass is 35.5. The summed E-state index contributed by atoms with van der Waals surface area (Å²) in [6.45, 7) is 3.92. The largest absolute Gasteiger partial charge is 0.392 e. The van der Waals surface area contributed by atoms with E-state index in [4.69, 9.17) is 21.1 Å². The fraction of sp³-hybridized carbons (Fsp3) is 0.288. The molecule has 0 saturated carbocycles. The number of amides is 1. The molecule has 0 aliphatic carbocycles. The molecule has 10 nitrogen and oxygen atoms in total. The number of nitrogens with zero attached hydrogens (tertiary/aromatic N) is 1. The van der Waals surface area contributed by atoms with E-state index in [1.54, 1.807) is 12.1 Å². The highest BCUT2D eigenvalue weighted by Gasteiger charge is 2.44. The van der Waals surface area contributed by atoms with Crippen molar-refractivity contribution >= 4 is 27.5 Å². The van der Waals surface area contributed by atoms with Crippen LogP contribution in [0, 0.1) is 6.92 Å². The lowest BCUT2D eigenvalue weighted by Gasteiger charge is -2.46. The molecule has 0 radical (unpaired) electrons. The zero-order valence-corrected chi connectivity index (χ0v) is 37.3. The first-order valence-corrected chi connectivity index (χ1v) is 23.6. The highest BCUT2D eigenvalue weighted by molar-refractivity contribution is 7.89. The van der Waals surface area contributed by atoms with E-state index < -0.39 is 40.0 Å². The van der Waals surface area contributed by atoms with Gasteiger partial charge in [-0.05, 0) is 83.8 Å². The molecule has 2 aliphatic heterocycles. The van der Waals surface area contributed by atoms with E-state index in [9.17, 15) is 23.4 Å². The molecule has 2 saturated heterocycles. The van der Waals surface area contributed by atoms with Crippen molar-refractivity contribution in [2.45, 2.75) is 80.3 Å². The molecule has 12 heteroatoms. The molecule has 6 aromatic carbocycles. The number of sulfonamides is 1. The minimum atomic E-state index is -3.99. The second-order valence-electron chi connectivity index (χ2n) is 16.9. The summed E-state index contributed by atoms with van der Waals surface area (Å²) >= 11 is 6.16. The Kier molecular flexibility index (Phi) is 14.4. The van der Waals surface area contributed by atoms with Crippen LogP contribution < -0.4 is 10.0 Å². The number of hydrogen-bond donors (Lipinski definition) is 4. The number of likely N-dealkylation sites (tertiary alicyclic amines) is 1. The smallest absolute Gasteiger partial charge is 0.241 e. The van der Waals surface area contributed by atoms with Crippen molar-refractivity contribution in [2.75, 3.05) is 19.6 Å². The van der Waals surface area contributed by atoms with E-state index in [0.717, 1.165) is 44.5 Å².